The van der Waals surface area contributed by atoms with Gasteiger partial charge in [0.1, 0.15) is 37.0 Å². The summed E-state index contributed by atoms with van der Waals surface area (Å²) in [5, 5.41) is 40.3. The number of likely N-dealkylation sites (N-methyl/N-ethyl adjacent to an activating group) is 1. The molecular formula is C30H55N5O12. The molecule has 7 atom stereocenters. The number of unbranched alkanes of at least 4 members (excludes halogenated alkanes) is 1. The van der Waals surface area contributed by atoms with Crippen molar-refractivity contribution in [2.24, 2.45) is 11.7 Å². The third kappa shape index (κ3) is 15.1. The summed E-state index contributed by atoms with van der Waals surface area (Å²) in [4.78, 5) is 48.2. The maximum absolute atomic E-state index is 12.5. The van der Waals surface area contributed by atoms with Crippen molar-refractivity contribution in [2.75, 3.05) is 66.4 Å². The molecule has 17 heteroatoms. The first-order valence-electron chi connectivity index (χ1n) is 16.4. The second-order valence-electron chi connectivity index (χ2n) is 11.7. The minimum absolute atomic E-state index is 0.0575. The van der Waals surface area contributed by atoms with E-state index in [4.69, 9.17) is 29.4 Å². The average molecular weight is 678 g/mol. The van der Waals surface area contributed by atoms with E-state index in [1.807, 2.05) is 0 Å². The van der Waals surface area contributed by atoms with E-state index in [0.29, 0.717) is 25.8 Å². The molecule has 1 saturated heterocycles. The Morgan fingerprint density at radius 2 is 1.55 bits per heavy atom. The Hall–Kier alpha value is -2.48. The predicted octanol–water partition coefficient (Wildman–Crippen LogP) is -2.97. The first kappa shape index (κ1) is 40.7. The summed E-state index contributed by atoms with van der Waals surface area (Å²) < 4.78 is 27.2. The monoisotopic (exact) mass is 677 g/mol. The highest BCUT2D eigenvalue weighted by Crippen LogP contribution is 2.28. The van der Waals surface area contributed by atoms with Crippen LogP contribution in [0.25, 0.3) is 0 Å². The van der Waals surface area contributed by atoms with E-state index in [2.05, 4.69) is 21.3 Å². The van der Waals surface area contributed by atoms with Gasteiger partial charge in [0, 0.05) is 20.5 Å². The van der Waals surface area contributed by atoms with Crippen LogP contribution in [0.2, 0.25) is 0 Å². The molecule has 0 spiro atoms. The predicted molar refractivity (Wildman–Crippen MR) is 167 cm³/mol. The molecule has 0 radical (unpaired) electrons. The number of carbonyl (C=O) groups is 4. The van der Waals surface area contributed by atoms with Gasteiger partial charge in [0.25, 0.3) is 0 Å². The van der Waals surface area contributed by atoms with E-state index >= 15 is 0 Å². The number of carbonyl (C=O) groups excluding carboxylic acids is 4. The molecule has 1 aliphatic heterocycles. The summed E-state index contributed by atoms with van der Waals surface area (Å²) in [5.41, 5.74) is 6.04. The summed E-state index contributed by atoms with van der Waals surface area (Å²) >= 11 is 0. The largest absolute Gasteiger partial charge is 0.394 e. The Kier molecular flexibility index (Phi) is 19.9. The van der Waals surface area contributed by atoms with Gasteiger partial charge in [-0.3, -0.25) is 19.2 Å². The molecule has 272 valence electrons. The molecule has 9 N–H and O–H groups in total. The molecule has 2 aliphatic rings. The maximum atomic E-state index is 12.5. The Morgan fingerprint density at radius 3 is 2.17 bits per heavy atom. The fourth-order valence-corrected chi connectivity index (χ4v) is 5.44. The molecule has 2 rings (SSSR count). The Bertz CT molecular complexity index is 941. The highest BCUT2D eigenvalue weighted by atomic mass is 16.7. The zero-order valence-electron chi connectivity index (χ0n) is 27.5. The number of hydrogen-bond acceptors (Lipinski definition) is 13. The van der Waals surface area contributed by atoms with Gasteiger partial charge in [-0.25, -0.2) is 0 Å². The van der Waals surface area contributed by atoms with Crippen molar-refractivity contribution < 1.29 is 58.2 Å². The third-order valence-corrected chi connectivity index (χ3v) is 8.04. The molecule has 0 aromatic rings. The van der Waals surface area contributed by atoms with E-state index in [0.717, 1.165) is 25.7 Å². The fourth-order valence-electron chi connectivity index (χ4n) is 5.44. The lowest BCUT2D eigenvalue weighted by Gasteiger charge is -2.42. The van der Waals surface area contributed by atoms with Gasteiger partial charge in [-0.05, 0) is 38.0 Å². The van der Waals surface area contributed by atoms with E-state index < -0.39 is 55.2 Å². The Balaban J connectivity index is 1.44. The topological polar surface area (TPSA) is 249 Å². The van der Waals surface area contributed by atoms with E-state index in [9.17, 15) is 34.5 Å². The number of ether oxygens (including phenoxy) is 5. The summed E-state index contributed by atoms with van der Waals surface area (Å²) in [6, 6.07) is -2.31. The maximum Gasteiger partial charge on any atom is 0.245 e. The zero-order valence-corrected chi connectivity index (χ0v) is 27.5. The van der Waals surface area contributed by atoms with Crippen LogP contribution in [-0.2, 0) is 42.9 Å². The lowest BCUT2D eigenvalue weighted by molar-refractivity contribution is -0.272. The van der Waals surface area contributed by atoms with Gasteiger partial charge in [0.2, 0.25) is 23.6 Å². The first-order chi connectivity index (χ1) is 22.6. The Morgan fingerprint density at radius 1 is 0.915 bits per heavy atom. The van der Waals surface area contributed by atoms with Crippen LogP contribution < -0.4 is 27.0 Å². The lowest BCUT2D eigenvalue weighted by atomic mass is 9.96. The van der Waals surface area contributed by atoms with E-state index in [1.54, 1.807) is 7.05 Å². The van der Waals surface area contributed by atoms with Crippen LogP contribution in [0.15, 0.2) is 0 Å². The molecule has 4 amide bonds. The molecule has 1 aliphatic carbocycles. The van der Waals surface area contributed by atoms with Crippen molar-refractivity contribution in [1.29, 1.82) is 0 Å². The molecule has 2 fully saturated rings. The molecule has 0 bridgehead atoms. The number of nitrogens with two attached hydrogens (primary N) is 1. The summed E-state index contributed by atoms with van der Waals surface area (Å²) in [6.45, 7) is 2.24. The second-order valence-corrected chi connectivity index (χ2v) is 11.7. The van der Waals surface area contributed by atoms with Gasteiger partial charge in [-0.1, -0.05) is 12.8 Å². The van der Waals surface area contributed by atoms with E-state index in [-0.39, 0.29) is 69.9 Å². The fraction of sp³-hybridized carbons (Fsp3) is 0.867. The van der Waals surface area contributed by atoms with Gasteiger partial charge in [-0.2, -0.15) is 0 Å². The quantitative estimate of drug-likeness (QED) is 0.0504. The molecule has 0 aromatic heterocycles. The highest BCUT2D eigenvalue weighted by molar-refractivity contribution is 5.89. The van der Waals surface area contributed by atoms with Crippen LogP contribution in [0.4, 0.5) is 0 Å². The van der Waals surface area contributed by atoms with Crippen molar-refractivity contribution in [3.05, 3.63) is 0 Å². The average Bonchev–Trinajstić information content (AvgIpc) is 3.59. The normalized spacial score (nSPS) is 24.3. The molecule has 2 unspecified atom stereocenters. The molecule has 1 saturated carbocycles. The van der Waals surface area contributed by atoms with Crippen LogP contribution in [0.5, 0.6) is 0 Å². The molecule has 17 nitrogen and oxygen atoms in total. The van der Waals surface area contributed by atoms with Crippen LogP contribution in [0.3, 0.4) is 0 Å². The van der Waals surface area contributed by atoms with Crippen molar-refractivity contribution in [3.63, 3.8) is 0 Å². The van der Waals surface area contributed by atoms with Crippen molar-refractivity contribution in [3.8, 4) is 0 Å². The van der Waals surface area contributed by atoms with Crippen LogP contribution >= 0.6 is 0 Å². The molecule has 47 heavy (non-hydrogen) atoms. The summed E-state index contributed by atoms with van der Waals surface area (Å²) in [6.07, 6.45) is 0.723. The van der Waals surface area contributed by atoms with Gasteiger partial charge >= 0.3 is 0 Å². The first-order valence-corrected chi connectivity index (χ1v) is 16.4. The van der Waals surface area contributed by atoms with Crippen LogP contribution in [0.1, 0.15) is 51.9 Å². The smallest absolute Gasteiger partial charge is 0.245 e. The van der Waals surface area contributed by atoms with Gasteiger partial charge in [0.05, 0.1) is 52.3 Å². The second kappa shape index (κ2) is 23.0. The number of hydrogen-bond donors (Lipinski definition) is 8. The van der Waals surface area contributed by atoms with Crippen molar-refractivity contribution >= 4 is 23.6 Å². The van der Waals surface area contributed by atoms with Gasteiger partial charge in [-0.15, -0.1) is 0 Å². The number of amides is 4. The van der Waals surface area contributed by atoms with Crippen LogP contribution in [-0.4, -0.2) is 148 Å². The molecule has 1 heterocycles. The number of nitrogens with one attached hydrogen (secondary N) is 4. The Labute approximate surface area is 275 Å². The third-order valence-electron chi connectivity index (χ3n) is 8.04. The van der Waals surface area contributed by atoms with E-state index in [1.165, 1.54) is 6.92 Å². The highest BCUT2D eigenvalue weighted by Gasteiger charge is 2.45. The number of rotatable bonds is 23. The summed E-state index contributed by atoms with van der Waals surface area (Å²) in [7, 11) is 1.56. The van der Waals surface area contributed by atoms with Crippen molar-refractivity contribution in [1.82, 2.24) is 21.3 Å². The van der Waals surface area contributed by atoms with Crippen LogP contribution in [0, 0.1) is 5.92 Å². The van der Waals surface area contributed by atoms with Gasteiger partial charge in [0.15, 0.2) is 6.29 Å². The SMILES string of the molecule is CNC(=O)C(NC(=O)C(N)CCCCNC(=O)COCCOCCOCCO[C@@H]1O[C@H](CO)[C@H](O)[C@H](O)[C@H]1NC(C)=O)C1CCCC1. The summed E-state index contributed by atoms with van der Waals surface area (Å²) in [5.74, 6) is -1.11. The van der Waals surface area contributed by atoms with Crippen molar-refractivity contribution in [2.45, 2.75) is 94.6 Å². The molecular weight excluding hydrogens is 622 g/mol. The zero-order chi connectivity index (χ0) is 34.6. The standard InChI is InChI=1S/C30H55N5O12/c1-19(37)34-25-27(40)26(39)22(17-36)47-30(25)46-16-15-44-12-11-43-13-14-45-18-23(38)33-10-6-5-9-21(31)28(41)35-24(29(42)32-2)20-7-3-4-8-20/h20-22,24-27,30,36,39-40H,3-18,31H2,1-2H3,(H,32,42)(H,33,38)(H,34,37)(H,35,41)/t21?,22-,24?,25-,26+,27-,30-/m1/s1. The molecule has 0 aromatic carbocycles. The number of aliphatic hydroxyl groups is 3. The number of aliphatic hydroxyl groups excluding tert-OH is 3. The van der Waals surface area contributed by atoms with Gasteiger partial charge < -0.3 is 66.0 Å². The minimum atomic E-state index is -1.38. The lowest BCUT2D eigenvalue weighted by Crippen LogP contribution is -2.64. The minimum Gasteiger partial charge on any atom is -0.394 e.